The van der Waals surface area contributed by atoms with E-state index < -0.39 is 5.92 Å². The Labute approximate surface area is 173 Å². The third-order valence-electron chi connectivity index (χ3n) is 5.63. The summed E-state index contributed by atoms with van der Waals surface area (Å²) in [5, 5.41) is 2.96. The van der Waals surface area contributed by atoms with Crippen LogP contribution in [0, 0.1) is 5.92 Å². The summed E-state index contributed by atoms with van der Waals surface area (Å²) < 4.78 is 0.864. The topological polar surface area (TPSA) is 52.7 Å². The van der Waals surface area contributed by atoms with Gasteiger partial charge in [-0.15, -0.1) is 0 Å². The number of aryl methyl sites for hydroxylation is 1. The van der Waals surface area contributed by atoms with E-state index in [1.54, 1.807) is 4.90 Å². The van der Waals surface area contributed by atoms with Gasteiger partial charge in [0.25, 0.3) is 0 Å². The first-order chi connectivity index (χ1) is 13.5. The molecule has 6 heteroatoms. The highest BCUT2D eigenvalue weighted by Crippen LogP contribution is 2.31. The number of benzene rings is 2. The number of hydrogen-bond acceptors (Lipinski definition) is 3. The molecule has 0 unspecified atom stereocenters. The molecule has 1 fully saturated rings. The van der Waals surface area contributed by atoms with Gasteiger partial charge in [-0.05, 0) is 64.5 Å². The predicted octanol–water partition coefficient (Wildman–Crippen LogP) is 3.50. The lowest BCUT2D eigenvalue weighted by atomic mass is 9.99. The van der Waals surface area contributed by atoms with Crippen LogP contribution in [0.2, 0.25) is 0 Å². The minimum atomic E-state index is -0.615. The molecule has 1 saturated heterocycles. The van der Waals surface area contributed by atoms with Gasteiger partial charge in [0.15, 0.2) is 0 Å². The number of halogens is 1. The maximum Gasteiger partial charge on any atom is 0.239 e. The largest absolute Gasteiger partial charge is 0.374 e. The number of anilines is 2. The Kier molecular flexibility index (Phi) is 5.40. The van der Waals surface area contributed by atoms with Gasteiger partial charge in [0, 0.05) is 36.8 Å². The molecule has 146 valence electrons. The number of fused-ring (bicyclic) bond motifs is 1. The highest BCUT2D eigenvalue weighted by Gasteiger charge is 2.38. The van der Waals surface area contributed by atoms with E-state index >= 15 is 0 Å². The van der Waals surface area contributed by atoms with E-state index in [1.165, 1.54) is 11.3 Å². The van der Waals surface area contributed by atoms with Crippen LogP contribution in [0.3, 0.4) is 0 Å². The number of nitrogens with zero attached hydrogens (tertiary/aromatic N) is 2. The summed E-state index contributed by atoms with van der Waals surface area (Å²) in [5.41, 5.74) is 4.51. The van der Waals surface area contributed by atoms with Crippen LogP contribution in [-0.2, 0) is 22.6 Å². The van der Waals surface area contributed by atoms with E-state index in [9.17, 15) is 9.59 Å². The molecule has 2 aromatic carbocycles. The van der Waals surface area contributed by atoms with Gasteiger partial charge in [-0.3, -0.25) is 9.59 Å². The summed E-state index contributed by atoms with van der Waals surface area (Å²) in [5.74, 6) is -0.929. The lowest BCUT2D eigenvalue weighted by Crippen LogP contribution is -2.36. The van der Waals surface area contributed by atoms with Crippen molar-refractivity contribution in [3.8, 4) is 0 Å². The Morgan fingerprint density at radius 3 is 2.82 bits per heavy atom. The van der Waals surface area contributed by atoms with Gasteiger partial charge in [0.2, 0.25) is 11.8 Å². The summed E-state index contributed by atoms with van der Waals surface area (Å²) in [7, 11) is 2.11. The fourth-order valence-corrected chi connectivity index (χ4v) is 4.59. The summed E-state index contributed by atoms with van der Waals surface area (Å²) >= 11 is 3.49. The normalized spacial score (nSPS) is 18.9. The summed E-state index contributed by atoms with van der Waals surface area (Å²) in [6.45, 7) is 2.10. The van der Waals surface area contributed by atoms with Crippen molar-refractivity contribution in [3.63, 3.8) is 0 Å². The number of carbonyl (C=O) groups excluding carboxylic acids is 2. The molecule has 1 atom stereocenters. The van der Waals surface area contributed by atoms with Crippen molar-refractivity contribution in [2.75, 3.05) is 29.9 Å². The van der Waals surface area contributed by atoms with Crippen molar-refractivity contribution < 1.29 is 9.59 Å². The van der Waals surface area contributed by atoms with Crippen molar-refractivity contribution >= 4 is 39.1 Å². The third-order valence-corrected chi connectivity index (χ3v) is 6.30. The third kappa shape index (κ3) is 3.65. The molecule has 0 aliphatic carbocycles. The number of nitrogens with one attached hydrogen (secondary N) is 1. The van der Waals surface area contributed by atoms with Gasteiger partial charge in [-0.2, -0.15) is 0 Å². The van der Waals surface area contributed by atoms with Crippen molar-refractivity contribution in [1.82, 2.24) is 5.32 Å². The average Bonchev–Trinajstić information content (AvgIpc) is 3.08. The van der Waals surface area contributed by atoms with E-state index in [0.29, 0.717) is 19.5 Å². The van der Waals surface area contributed by atoms with E-state index in [-0.39, 0.29) is 11.8 Å². The maximum absolute atomic E-state index is 12.8. The van der Waals surface area contributed by atoms with Crippen molar-refractivity contribution in [1.29, 1.82) is 0 Å². The van der Waals surface area contributed by atoms with Crippen LogP contribution in [0.15, 0.2) is 46.9 Å². The minimum absolute atomic E-state index is 0.128. The van der Waals surface area contributed by atoms with E-state index in [4.69, 9.17) is 0 Å². The van der Waals surface area contributed by atoms with Crippen LogP contribution in [-0.4, -0.2) is 32.0 Å². The maximum atomic E-state index is 12.8. The Morgan fingerprint density at radius 2 is 2.00 bits per heavy atom. The molecule has 0 spiro atoms. The molecule has 0 aromatic heterocycles. The molecule has 2 heterocycles. The van der Waals surface area contributed by atoms with E-state index in [0.717, 1.165) is 35.1 Å². The number of rotatable bonds is 4. The van der Waals surface area contributed by atoms with Crippen molar-refractivity contribution in [2.45, 2.75) is 25.8 Å². The highest BCUT2D eigenvalue weighted by molar-refractivity contribution is 9.10. The highest BCUT2D eigenvalue weighted by atomic mass is 79.9. The standard InChI is InChI=1S/C22H24BrN3O2/c1-25-11-4-5-16-13-15(8-9-19(16)25)14-24-21(27)17-10-12-26(22(17)28)20-7-3-2-6-18(20)23/h2-3,6-9,13,17H,4-5,10-12,14H2,1H3,(H,24,27)/t17-/m1/s1. The second-order valence-corrected chi connectivity index (χ2v) is 8.34. The molecule has 5 nitrogen and oxygen atoms in total. The molecule has 2 aromatic rings. The molecule has 2 amide bonds. The molecule has 0 radical (unpaired) electrons. The summed E-state index contributed by atoms with van der Waals surface area (Å²) in [4.78, 5) is 29.4. The van der Waals surface area contributed by atoms with Crippen LogP contribution in [0.1, 0.15) is 24.0 Å². The molecule has 0 bridgehead atoms. The Bertz CT molecular complexity index is 914. The van der Waals surface area contributed by atoms with Crippen LogP contribution >= 0.6 is 15.9 Å². The second-order valence-electron chi connectivity index (χ2n) is 7.49. The molecule has 2 aliphatic rings. The molecule has 2 aliphatic heterocycles. The molecule has 1 N–H and O–H groups in total. The Balaban J connectivity index is 1.39. The van der Waals surface area contributed by atoms with Crippen LogP contribution in [0.4, 0.5) is 11.4 Å². The first kappa shape index (κ1) is 19.0. The van der Waals surface area contributed by atoms with Crippen molar-refractivity contribution in [3.05, 3.63) is 58.1 Å². The van der Waals surface area contributed by atoms with Gasteiger partial charge in [0.1, 0.15) is 5.92 Å². The first-order valence-electron chi connectivity index (χ1n) is 9.71. The van der Waals surface area contributed by atoms with Gasteiger partial charge >= 0.3 is 0 Å². The Hall–Kier alpha value is -2.34. The van der Waals surface area contributed by atoms with Crippen LogP contribution < -0.4 is 15.1 Å². The molecule has 0 saturated carbocycles. The second kappa shape index (κ2) is 7.95. The predicted molar refractivity (Wildman–Crippen MR) is 114 cm³/mol. The fourth-order valence-electron chi connectivity index (χ4n) is 4.09. The average molecular weight is 442 g/mol. The lowest BCUT2D eigenvalue weighted by molar-refractivity contribution is -0.132. The monoisotopic (exact) mass is 441 g/mol. The lowest BCUT2D eigenvalue weighted by Gasteiger charge is -2.27. The number of amides is 2. The summed E-state index contributed by atoms with van der Waals surface area (Å²) in [6, 6.07) is 14.0. The van der Waals surface area contributed by atoms with E-state index in [1.807, 2.05) is 24.3 Å². The number of carbonyl (C=O) groups is 2. The molecular weight excluding hydrogens is 418 g/mol. The SMILES string of the molecule is CN1CCCc2cc(CNC(=O)[C@H]3CCN(c4ccccc4Br)C3=O)ccc21. The zero-order chi connectivity index (χ0) is 19.7. The smallest absolute Gasteiger partial charge is 0.239 e. The van der Waals surface area contributed by atoms with Gasteiger partial charge < -0.3 is 15.1 Å². The van der Waals surface area contributed by atoms with Crippen molar-refractivity contribution in [2.24, 2.45) is 5.92 Å². The molecule has 4 rings (SSSR count). The van der Waals surface area contributed by atoms with E-state index in [2.05, 4.69) is 51.4 Å². The zero-order valence-corrected chi connectivity index (χ0v) is 17.5. The number of para-hydroxylation sites is 1. The van der Waals surface area contributed by atoms with Gasteiger partial charge in [0.05, 0.1) is 5.69 Å². The number of hydrogen-bond donors (Lipinski definition) is 1. The molecular formula is C22H24BrN3O2. The Morgan fingerprint density at radius 1 is 1.18 bits per heavy atom. The quantitative estimate of drug-likeness (QED) is 0.738. The van der Waals surface area contributed by atoms with Crippen LogP contribution in [0.5, 0.6) is 0 Å². The van der Waals surface area contributed by atoms with Gasteiger partial charge in [-0.25, -0.2) is 0 Å². The summed E-state index contributed by atoms with van der Waals surface area (Å²) in [6.07, 6.45) is 2.77. The minimum Gasteiger partial charge on any atom is -0.374 e. The first-order valence-corrected chi connectivity index (χ1v) is 10.5. The molecule has 28 heavy (non-hydrogen) atoms. The van der Waals surface area contributed by atoms with Gasteiger partial charge in [-0.1, -0.05) is 24.3 Å². The zero-order valence-electron chi connectivity index (χ0n) is 16.0. The van der Waals surface area contributed by atoms with Crippen LogP contribution in [0.25, 0.3) is 0 Å². The fraction of sp³-hybridized carbons (Fsp3) is 0.364.